The van der Waals surface area contributed by atoms with Crippen LogP contribution in [0.3, 0.4) is 0 Å². The molecule has 0 spiro atoms. The fourth-order valence-corrected chi connectivity index (χ4v) is 1.89. The molecule has 1 aromatic rings. The Hall–Kier alpha value is -1.86. The van der Waals surface area contributed by atoms with E-state index in [1.54, 1.807) is 6.92 Å². The average Bonchev–Trinajstić information content (AvgIpc) is 2.68. The summed E-state index contributed by atoms with van der Waals surface area (Å²) < 4.78 is 44.7. The van der Waals surface area contributed by atoms with Crippen molar-refractivity contribution in [2.75, 3.05) is 6.61 Å². The van der Waals surface area contributed by atoms with E-state index in [0.717, 1.165) is 11.5 Å². The Bertz CT molecular complexity index is 505. The maximum atomic E-state index is 12.1. The van der Waals surface area contributed by atoms with Crippen molar-refractivity contribution in [2.24, 2.45) is 4.99 Å². The monoisotopic (exact) mass is 295 g/mol. The van der Waals surface area contributed by atoms with E-state index in [4.69, 9.17) is 4.74 Å². The molecule has 104 valence electrons. The van der Waals surface area contributed by atoms with Crippen molar-refractivity contribution in [1.82, 2.24) is 0 Å². The number of esters is 1. The van der Waals surface area contributed by atoms with Gasteiger partial charge < -0.3 is 9.47 Å². The van der Waals surface area contributed by atoms with Gasteiger partial charge in [-0.15, -0.1) is 24.5 Å². The Labute approximate surface area is 109 Å². The fourth-order valence-electron chi connectivity index (χ4n) is 1.09. The van der Waals surface area contributed by atoms with Crippen LogP contribution in [-0.4, -0.2) is 25.0 Å². The Morgan fingerprint density at radius 1 is 1.53 bits per heavy atom. The summed E-state index contributed by atoms with van der Waals surface area (Å²) in [7, 11) is 0. The van der Waals surface area contributed by atoms with E-state index in [2.05, 4.69) is 9.73 Å². The van der Waals surface area contributed by atoms with Crippen molar-refractivity contribution in [3.63, 3.8) is 0 Å². The molecule has 0 aromatic carbocycles. The predicted octanol–water partition coefficient (Wildman–Crippen LogP) is 3.18. The third-order valence-electron chi connectivity index (χ3n) is 1.74. The van der Waals surface area contributed by atoms with Crippen LogP contribution in [0.25, 0.3) is 0 Å². The zero-order chi connectivity index (χ0) is 14.5. The summed E-state index contributed by atoms with van der Waals surface area (Å²) in [4.78, 5) is 24.6. The number of halogens is 3. The highest BCUT2D eigenvalue weighted by Gasteiger charge is 2.34. The van der Waals surface area contributed by atoms with Crippen LogP contribution < -0.4 is 4.74 Å². The first-order valence-electron chi connectivity index (χ1n) is 5.01. The van der Waals surface area contributed by atoms with Gasteiger partial charge in [0.2, 0.25) is 6.08 Å². The van der Waals surface area contributed by atoms with Gasteiger partial charge >= 0.3 is 12.3 Å². The van der Waals surface area contributed by atoms with E-state index in [1.807, 2.05) is 0 Å². The number of carbonyl (C=O) groups is 1. The number of thiophene rings is 1. The molecule has 0 unspecified atom stereocenters. The SMILES string of the molecule is CCCOC(=O)c1scc(OC(F)(F)F)c1N=C=O. The molecular formula is C10H8F3NO4S. The van der Waals surface area contributed by atoms with Crippen molar-refractivity contribution >= 4 is 29.1 Å². The molecule has 1 rings (SSSR count). The van der Waals surface area contributed by atoms with E-state index in [-0.39, 0.29) is 11.5 Å². The molecule has 1 heterocycles. The van der Waals surface area contributed by atoms with Gasteiger partial charge in [-0.1, -0.05) is 6.92 Å². The zero-order valence-corrected chi connectivity index (χ0v) is 10.4. The Morgan fingerprint density at radius 2 is 2.21 bits per heavy atom. The van der Waals surface area contributed by atoms with Crippen LogP contribution in [-0.2, 0) is 9.53 Å². The lowest BCUT2D eigenvalue weighted by Crippen LogP contribution is -2.16. The number of isocyanates is 1. The van der Waals surface area contributed by atoms with Gasteiger partial charge in [0, 0.05) is 5.38 Å². The van der Waals surface area contributed by atoms with E-state index in [1.165, 1.54) is 0 Å². The highest BCUT2D eigenvalue weighted by molar-refractivity contribution is 7.13. The number of carbonyl (C=O) groups excluding carboxylic acids is 2. The van der Waals surface area contributed by atoms with Crippen LogP contribution in [0.2, 0.25) is 0 Å². The number of aliphatic imine (C=N–C) groups is 1. The van der Waals surface area contributed by atoms with Crippen LogP contribution in [0.15, 0.2) is 10.4 Å². The average molecular weight is 295 g/mol. The molecule has 0 radical (unpaired) electrons. The fraction of sp³-hybridized carbons (Fsp3) is 0.400. The summed E-state index contributed by atoms with van der Waals surface area (Å²) in [5.41, 5.74) is -0.529. The molecule has 0 aliphatic rings. The van der Waals surface area contributed by atoms with Crippen molar-refractivity contribution < 1.29 is 32.2 Å². The third-order valence-corrected chi connectivity index (χ3v) is 2.67. The number of hydrogen-bond donors (Lipinski definition) is 0. The number of hydrogen-bond acceptors (Lipinski definition) is 6. The maximum absolute atomic E-state index is 12.1. The molecule has 0 saturated heterocycles. The lowest BCUT2D eigenvalue weighted by molar-refractivity contribution is -0.274. The maximum Gasteiger partial charge on any atom is 0.573 e. The second-order valence-electron chi connectivity index (χ2n) is 3.16. The highest BCUT2D eigenvalue weighted by Crippen LogP contribution is 2.40. The largest absolute Gasteiger partial charge is 0.573 e. The standard InChI is InChI=1S/C10H8F3NO4S/c1-2-3-17-9(16)8-7(14-5-15)6(4-19-8)18-10(11,12)13/h4H,2-3H2,1H3. The Balaban J connectivity index is 3.06. The van der Waals surface area contributed by atoms with Crippen molar-refractivity contribution in [2.45, 2.75) is 19.7 Å². The van der Waals surface area contributed by atoms with Crippen LogP contribution in [0.1, 0.15) is 23.0 Å². The molecule has 0 N–H and O–H groups in total. The summed E-state index contributed by atoms with van der Waals surface area (Å²) in [5, 5.41) is 0.923. The van der Waals surface area contributed by atoms with Gasteiger partial charge in [-0.05, 0) is 6.42 Å². The molecule has 0 atom stereocenters. The van der Waals surface area contributed by atoms with Gasteiger partial charge in [0.15, 0.2) is 5.75 Å². The number of ether oxygens (including phenoxy) is 2. The molecule has 0 amide bonds. The third kappa shape index (κ3) is 4.38. The molecule has 9 heteroatoms. The van der Waals surface area contributed by atoms with E-state index >= 15 is 0 Å². The molecule has 0 saturated carbocycles. The number of rotatable bonds is 5. The summed E-state index contributed by atoms with van der Waals surface area (Å²) >= 11 is 0.643. The normalized spacial score (nSPS) is 10.7. The quantitative estimate of drug-likeness (QED) is 0.475. The summed E-state index contributed by atoms with van der Waals surface area (Å²) in [6, 6.07) is 0. The van der Waals surface area contributed by atoms with Crippen molar-refractivity contribution in [3.8, 4) is 5.75 Å². The van der Waals surface area contributed by atoms with E-state index < -0.39 is 23.8 Å². The van der Waals surface area contributed by atoms with Gasteiger partial charge in [0.25, 0.3) is 0 Å². The molecule has 19 heavy (non-hydrogen) atoms. The predicted molar refractivity (Wildman–Crippen MR) is 59.4 cm³/mol. The van der Waals surface area contributed by atoms with Crippen LogP contribution in [0.5, 0.6) is 5.75 Å². The molecule has 0 aliphatic carbocycles. The van der Waals surface area contributed by atoms with Gasteiger partial charge in [0.05, 0.1) is 6.61 Å². The molecule has 0 fully saturated rings. The first-order chi connectivity index (χ1) is 8.89. The lowest BCUT2D eigenvalue weighted by Gasteiger charge is -2.07. The topological polar surface area (TPSA) is 65.0 Å². The molecular weight excluding hydrogens is 287 g/mol. The van der Waals surface area contributed by atoms with Gasteiger partial charge in [0.1, 0.15) is 10.6 Å². The van der Waals surface area contributed by atoms with E-state index in [0.29, 0.717) is 17.8 Å². The summed E-state index contributed by atoms with van der Waals surface area (Å²) in [6.45, 7) is 1.86. The highest BCUT2D eigenvalue weighted by atomic mass is 32.1. The second-order valence-corrected chi connectivity index (χ2v) is 4.04. The lowest BCUT2D eigenvalue weighted by atomic mass is 10.3. The van der Waals surface area contributed by atoms with E-state index in [9.17, 15) is 22.8 Å². The molecule has 1 aromatic heterocycles. The molecule has 0 aliphatic heterocycles. The van der Waals surface area contributed by atoms with Gasteiger partial charge in [-0.3, -0.25) is 0 Å². The number of nitrogens with zero attached hydrogens (tertiary/aromatic N) is 1. The van der Waals surface area contributed by atoms with Crippen LogP contribution in [0, 0.1) is 0 Å². The summed E-state index contributed by atoms with van der Waals surface area (Å²) in [5.74, 6) is -1.60. The van der Waals surface area contributed by atoms with Gasteiger partial charge in [-0.25, -0.2) is 9.59 Å². The minimum absolute atomic E-state index is 0.108. The van der Waals surface area contributed by atoms with Crippen molar-refractivity contribution in [1.29, 1.82) is 0 Å². The second kappa shape index (κ2) is 6.35. The minimum atomic E-state index is -4.95. The number of alkyl halides is 3. The van der Waals surface area contributed by atoms with Crippen LogP contribution >= 0.6 is 11.3 Å². The molecule has 0 bridgehead atoms. The first kappa shape index (κ1) is 15.2. The first-order valence-corrected chi connectivity index (χ1v) is 5.89. The van der Waals surface area contributed by atoms with Crippen LogP contribution in [0.4, 0.5) is 18.9 Å². The Morgan fingerprint density at radius 3 is 2.74 bits per heavy atom. The smallest absolute Gasteiger partial charge is 0.461 e. The zero-order valence-electron chi connectivity index (χ0n) is 9.61. The van der Waals surface area contributed by atoms with Gasteiger partial charge in [-0.2, -0.15) is 4.99 Å². The summed E-state index contributed by atoms with van der Waals surface area (Å²) in [6.07, 6.45) is -3.32. The minimum Gasteiger partial charge on any atom is -0.461 e. The van der Waals surface area contributed by atoms with Crippen molar-refractivity contribution in [3.05, 3.63) is 10.3 Å². The Kier molecular flexibility index (Phi) is 5.08. The molecule has 5 nitrogen and oxygen atoms in total.